The van der Waals surface area contributed by atoms with Crippen LogP contribution < -0.4 is 32.3 Å². The second-order valence-electron chi connectivity index (χ2n) is 12.6. The molecule has 0 amide bonds. The molecule has 5 aromatic rings. The molecule has 0 radical (unpaired) electrons. The maximum atomic E-state index is 10.4. The van der Waals surface area contributed by atoms with E-state index in [1.807, 2.05) is 63.4 Å². The molecule has 0 bridgehead atoms. The minimum atomic E-state index is -4.27. The molecular formula is C36H42N8O6S2. The number of anilines is 3. The fraction of sp³-hybridized carbons (Fsp3) is 0.222. The minimum absolute atomic E-state index is 0.178. The molecule has 1 saturated heterocycles. The Morgan fingerprint density at radius 1 is 0.846 bits per heavy atom. The molecule has 2 heterocycles. The molecular weight excluding hydrogens is 705 g/mol. The third-order valence-corrected chi connectivity index (χ3v) is 10.1. The molecule has 1 aliphatic rings. The zero-order valence-corrected chi connectivity index (χ0v) is 30.7. The zero-order chi connectivity index (χ0) is 38.3. The standard InChI is InChI=1S/C22H27N8.2C7H8O3S/c1-30(26)11-9-28(10-12-30)17-7-8-20-18(13-17)21(19(14-23)22(24)29(20)25)27-15-16-5-3-2-4-6-16;2*1-6-2-4-7(5-3-6)11(8,9)10/h2-8,13H,9-12,15,25-26H2,1H3,(H2,24,27);2*2-5H,1H3,(H,8,9,10)/q+1;;/p-1. The lowest BCUT2D eigenvalue weighted by Crippen LogP contribution is -2.61. The molecule has 7 N–H and O–H groups in total. The molecule has 0 saturated carbocycles. The smallest absolute Gasteiger partial charge is 0.316 e. The van der Waals surface area contributed by atoms with E-state index in [0.717, 1.165) is 59.5 Å². The Labute approximate surface area is 304 Å². The van der Waals surface area contributed by atoms with Gasteiger partial charge < -0.3 is 19.3 Å². The van der Waals surface area contributed by atoms with Crippen molar-refractivity contribution in [1.29, 1.82) is 5.26 Å². The number of nitrogens with zero attached hydrogens (tertiary/aromatic N) is 4. The van der Waals surface area contributed by atoms with E-state index in [1.165, 1.54) is 28.9 Å². The van der Waals surface area contributed by atoms with Crippen LogP contribution in [0.3, 0.4) is 0 Å². The van der Waals surface area contributed by atoms with Crippen molar-refractivity contribution in [1.82, 2.24) is 0 Å². The SMILES string of the molecule is C[N+]1(N)CCN(c2ccc3c(c2)c(NCc2ccccc2)c(C#N)c(N)[n+]3N)CC1.Cc1ccc(S(=O)(=O)[O-])cc1.Cc1ccc(S(=O)(=O)[O-])cc1. The van der Waals surface area contributed by atoms with Crippen LogP contribution in [0.15, 0.2) is 107 Å². The summed E-state index contributed by atoms with van der Waals surface area (Å²) in [6.07, 6.45) is 0. The van der Waals surface area contributed by atoms with Crippen molar-refractivity contribution < 1.29 is 35.2 Å². The summed E-state index contributed by atoms with van der Waals surface area (Å²) >= 11 is 0. The third kappa shape index (κ3) is 10.4. The van der Waals surface area contributed by atoms with Gasteiger partial charge in [-0.25, -0.2) is 21.4 Å². The number of nitrogen functional groups attached to an aromatic ring is 2. The molecule has 0 atom stereocenters. The second kappa shape index (κ2) is 16.4. The number of likely N-dealkylation sites (N-methyl/N-ethyl adjacent to an activating group) is 1. The van der Waals surface area contributed by atoms with E-state index in [2.05, 4.69) is 22.4 Å². The number of benzene rings is 4. The van der Waals surface area contributed by atoms with Crippen LogP contribution in [0.2, 0.25) is 0 Å². The molecule has 1 aromatic heterocycles. The molecule has 4 aromatic carbocycles. The van der Waals surface area contributed by atoms with Gasteiger partial charge in [-0.05, 0) is 61.9 Å². The average Bonchev–Trinajstić information content (AvgIpc) is 3.09. The first-order valence-corrected chi connectivity index (χ1v) is 18.9. The number of hydrogen-bond donors (Lipinski definition) is 4. The number of aromatic nitrogens is 1. The van der Waals surface area contributed by atoms with Gasteiger partial charge in [-0.3, -0.25) is 11.6 Å². The highest BCUT2D eigenvalue weighted by Gasteiger charge is 2.27. The monoisotopic (exact) mass is 746 g/mol. The highest BCUT2D eigenvalue weighted by Crippen LogP contribution is 2.32. The van der Waals surface area contributed by atoms with Crippen LogP contribution in [0.4, 0.5) is 17.2 Å². The van der Waals surface area contributed by atoms with E-state index in [9.17, 15) is 31.2 Å². The van der Waals surface area contributed by atoms with Crippen molar-refractivity contribution in [2.45, 2.75) is 30.2 Å². The average molecular weight is 747 g/mol. The summed E-state index contributed by atoms with van der Waals surface area (Å²) in [7, 11) is -6.49. The molecule has 1 fully saturated rings. The number of nitrogens with two attached hydrogens (primary N) is 3. The summed E-state index contributed by atoms with van der Waals surface area (Å²) in [6, 6.07) is 29.9. The Morgan fingerprint density at radius 3 is 1.81 bits per heavy atom. The van der Waals surface area contributed by atoms with E-state index in [-0.39, 0.29) is 15.6 Å². The highest BCUT2D eigenvalue weighted by molar-refractivity contribution is 7.86. The summed E-state index contributed by atoms with van der Waals surface area (Å²) < 4.78 is 64.2. The van der Waals surface area contributed by atoms with Crippen molar-refractivity contribution in [3.8, 4) is 6.07 Å². The van der Waals surface area contributed by atoms with Crippen LogP contribution in [-0.4, -0.2) is 63.8 Å². The van der Waals surface area contributed by atoms with Gasteiger partial charge in [-0.1, -0.05) is 65.7 Å². The Balaban J connectivity index is 0.000000224. The van der Waals surface area contributed by atoms with Gasteiger partial charge in [-0.15, -0.1) is 4.68 Å². The molecule has 1 aliphatic heterocycles. The number of quaternary nitrogens is 1. The fourth-order valence-electron chi connectivity index (χ4n) is 5.32. The van der Waals surface area contributed by atoms with Crippen LogP contribution in [-0.2, 0) is 26.8 Å². The van der Waals surface area contributed by atoms with Gasteiger partial charge in [0.1, 0.15) is 39.4 Å². The maximum Gasteiger partial charge on any atom is 0.316 e. The summed E-state index contributed by atoms with van der Waals surface area (Å²) in [4.78, 5) is 1.96. The molecule has 0 unspecified atom stereocenters. The Morgan fingerprint density at radius 2 is 1.35 bits per heavy atom. The summed E-state index contributed by atoms with van der Waals surface area (Å²) in [6.45, 7) is 7.71. The Hall–Kier alpha value is -5.28. The van der Waals surface area contributed by atoms with Gasteiger partial charge in [0.25, 0.3) is 0 Å². The first kappa shape index (κ1) is 39.5. The lowest BCUT2D eigenvalue weighted by Gasteiger charge is -2.38. The molecule has 0 spiro atoms. The van der Waals surface area contributed by atoms with Crippen LogP contribution in [0.5, 0.6) is 0 Å². The topological polar surface area (TPSA) is 235 Å². The quantitative estimate of drug-likeness (QED) is 0.0850. The number of fused-ring (bicyclic) bond motifs is 1. The number of aryl methyl sites for hydroxylation is 2. The predicted octanol–water partition coefficient (Wildman–Crippen LogP) is 2.85. The zero-order valence-electron chi connectivity index (χ0n) is 29.1. The van der Waals surface area contributed by atoms with Crippen LogP contribution in [0.1, 0.15) is 22.3 Å². The normalized spacial score (nSPS) is 13.9. The van der Waals surface area contributed by atoms with Gasteiger partial charge in [-0.2, -0.15) is 11.1 Å². The Bertz CT molecular complexity index is 2200. The number of nitriles is 1. The van der Waals surface area contributed by atoms with Gasteiger partial charge in [0, 0.05) is 12.2 Å². The first-order valence-electron chi connectivity index (χ1n) is 16.1. The van der Waals surface area contributed by atoms with Crippen molar-refractivity contribution in [3.63, 3.8) is 0 Å². The van der Waals surface area contributed by atoms with E-state index in [0.29, 0.717) is 22.4 Å². The van der Waals surface area contributed by atoms with Gasteiger partial charge in [0.15, 0.2) is 11.1 Å². The number of nitrogens with one attached hydrogen (secondary N) is 1. The fourth-order valence-corrected chi connectivity index (χ4v) is 6.26. The van der Waals surface area contributed by atoms with Crippen molar-refractivity contribution in [2.24, 2.45) is 5.84 Å². The summed E-state index contributed by atoms with van der Waals surface area (Å²) in [5.41, 5.74) is 12.1. The van der Waals surface area contributed by atoms with E-state index >= 15 is 0 Å². The van der Waals surface area contributed by atoms with E-state index in [4.69, 9.17) is 17.4 Å². The van der Waals surface area contributed by atoms with E-state index in [1.54, 1.807) is 24.3 Å². The van der Waals surface area contributed by atoms with Gasteiger partial charge >= 0.3 is 5.82 Å². The second-order valence-corrected chi connectivity index (χ2v) is 15.4. The lowest BCUT2D eigenvalue weighted by atomic mass is 10.1. The molecule has 16 heteroatoms. The summed E-state index contributed by atoms with van der Waals surface area (Å²) in [5, 5.41) is 14.1. The molecule has 14 nitrogen and oxygen atoms in total. The lowest BCUT2D eigenvalue weighted by molar-refractivity contribution is -0.921. The number of piperazine rings is 1. The van der Waals surface area contributed by atoms with Crippen molar-refractivity contribution >= 4 is 48.3 Å². The van der Waals surface area contributed by atoms with Crippen molar-refractivity contribution in [2.75, 3.05) is 55.0 Å². The molecule has 0 aliphatic carbocycles. The highest BCUT2D eigenvalue weighted by atomic mass is 32.2. The van der Waals surface area contributed by atoms with Crippen LogP contribution in [0, 0.1) is 25.2 Å². The predicted molar refractivity (Wildman–Crippen MR) is 198 cm³/mol. The van der Waals surface area contributed by atoms with Gasteiger partial charge in [0.2, 0.25) is 0 Å². The number of pyridine rings is 1. The molecule has 274 valence electrons. The van der Waals surface area contributed by atoms with Gasteiger partial charge in [0.05, 0.1) is 41.0 Å². The summed E-state index contributed by atoms with van der Waals surface area (Å²) in [5.74, 6) is 12.7. The minimum Gasteiger partial charge on any atom is -0.744 e. The number of hydrogen-bond acceptors (Lipinski definition) is 12. The van der Waals surface area contributed by atoms with Crippen molar-refractivity contribution in [3.05, 3.63) is 119 Å². The number of rotatable bonds is 6. The van der Waals surface area contributed by atoms with E-state index < -0.39 is 20.2 Å². The largest absolute Gasteiger partial charge is 0.744 e. The molecule has 6 rings (SSSR count). The van der Waals surface area contributed by atoms with Crippen LogP contribution in [0.25, 0.3) is 10.9 Å². The third-order valence-electron chi connectivity index (χ3n) is 8.44. The Kier molecular flexibility index (Phi) is 12.4. The van der Waals surface area contributed by atoms with Crippen LogP contribution >= 0.6 is 0 Å². The first-order chi connectivity index (χ1) is 24.4. The molecule has 52 heavy (non-hydrogen) atoms. The maximum absolute atomic E-state index is 10.4.